The van der Waals surface area contributed by atoms with Crippen LogP contribution in [0.25, 0.3) is 0 Å². The number of para-hydroxylation sites is 2. The SMILES string of the molecule is Cc1cc(C(=O)CSc2nnc(N)s2)c(C)n1CC1COc2ccccc2O1. The standard InChI is InChI=1S/C19H20N4O3S2/c1-11-7-14(15(24)10-27-19-22-21-18(20)28-19)12(2)23(11)8-13-9-25-16-5-3-4-6-17(16)26-13/h3-7,13H,8-10H2,1-2H3,(H2,20,21). The second-order valence-electron chi connectivity index (χ2n) is 6.51. The number of carbonyl (C=O) groups is 1. The molecule has 0 bridgehead atoms. The van der Waals surface area contributed by atoms with E-state index in [0.29, 0.717) is 28.4 Å². The minimum absolute atomic E-state index is 0.0595. The van der Waals surface area contributed by atoms with Gasteiger partial charge in [0.05, 0.1) is 12.3 Å². The Morgan fingerprint density at radius 3 is 2.86 bits per heavy atom. The summed E-state index contributed by atoms with van der Waals surface area (Å²) in [5.74, 6) is 1.88. The van der Waals surface area contributed by atoms with Crippen molar-refractivity contribution >= 4 is 34.0 Å². The first-order valence-electron chi connectivity index (χ1n) is 8.81. The van der Waals surface area contributed by atoms with E-state index >= 15 is 0 Å². The lowest BCUT2D eigenvalue weighted by atomic mass is 10.2. The molecule has 1 aromatic carbocycles. The van der Waals surface area contributed by atoms with Crippen LogP contribution in [-0.4, -0.2) is 39.0 Å². The molecule has 1 unspecified atom stereocenters. The number of ketones is 1. The Labute approximate surface area is 170 Å². The Morgan fingerprint density at radius 1 is 1.32 bits per heavy atom. The van der Waals surface area contributed by atoms with Crippen molar-refractivity contribution in [3.63, 3.8) is 0 Å². The fourth-order valence-electron chi connectivity index (χ4n) is 3.20. The summed E-state index contributed by atoms with van der Waals surface area (Å²) < 4.78 is 14.7. The predicted molar refractivity (Wildman–Crippen MR) is 110 cm³/mol. The van der Waals surface area contributed by atoms with Crippen molar-refractivity contribution < 1.29 is 14.3 Å². The van der Waals surface area contributed by atoms with E-state index in [1.54, 1.807) is 0 Å². The van der Waals surface area contributed by atoms with Crippen molar-refractivity contribution in [3.05, 3.63) is 47.3 Å². The van der Waals surface area contributed by atoms with E-state index in [-0.39, 0.29) is 11.9 Å². The van der Waals surface area contributed by atoms with Crippen molar-refractivity contribution in [3.8, 4) is 11.5 Å². The van der Waals surface area contributed by atoms with Gasteiger partial charge in [-0.25, -0.2) is 0 Å². The van der Waals surface area contributed by atoms with E-state index < -0.39 is 0 Å². The highest BCUT2D eigenvalue weighted by molar-refractivity contribution is 8.01. The number of benzene rings is 1. The number of ether oxygens (including phenoxy) is 2. The molecule has 9 heteroatoms. The van der Waals surface area contributed by atoms with Crippen LogP contribution in [0.2, 0.25) is 0 Å². The van der Waals surface area contributed by atoms with Gasteiger partial charge in [0.2, 0.25) is 5.13 Å². The van der Waals surface area contributed by atoms with E-state index in [4.69, 9.17) is 15.2 Å². The first-order valence-corrected chi connectivity index (χ1v) is 10.6. The molecule has 2 N–H and O–H groups in total. The third-order valence-corrected chi connectivity index (χ3v) is 6.46. The zero-order valence-corrected chi connectivity index (χ0v) is 17.2. The fourth-order valence-corrected chi connectivity index (χ4v) is 4.72. The molecule has 0 fully saturated rings. The molecule has 0 aliphatic carbocycles. The number of thioether (sulfide) groups is 1. The van der Waals surface area contributed by atoms with Crippen LogP contribution in [0.4, 0.5) is 5.13 Å². The minimum Gasteiger partial charge on any atom is -0.486 e. The molecule has 0 amide bonds. The molecule has 146 valence electrons. The number of hydrogen-bond acceptors (Lipinski definition) is 8. The summed E-state index contributed by atoms with van der Waals surface area (Å²) in [5, 5.41) is 8.12. The number of nitrogens with two attached hydrogens (primary N) is 1. The van der Waals surface area contributed by atoms with Gasteiger partial charge in [-0.3, -0.25) is 4.79 Å². The monoisotopic (exact) mass is 416 g/mol. The van der Waals surface area contributed by atoms with Crippen molar-refractivity contribution in [2.45, 2.75) is 30.8 Å². The molecule has 3 aromatic rings. The number of rotatable bonds is 6. The second kappa shape index (κ2) is 7.84. The number of aryl methyl sites for hydroxylation is 1. The lowest BCUT2D eigenvalue weighted by Gasteiger charge is -2.27. The number of nitrogen functional groups attached to an aromatic ring is 1. The normalized spacial score (nSPS) is 15.6. The Balaban J connectivity index is 1.44. The highest BCUT2D eigenvalue weighted by atomic mass is 32.2. The number of carbonyl (C=O) groups excluding carboxylic acids is 1. The third-order valence-electron chi connectivity index (χ3n) is 4.58. The van der Waals surface area contributed by atoms with Crippen LogP contribution in [-0.2, 0) is 6.54 Å². The van der Waals surface area contributed by atoms with E-state index in [9.17, 15) is 4.79 Å². The fraction of sp³-hybridized carbons (Fsp3) is 0.316. The van der Waals surface area contributed by atoms with Gasteiger partial charge in [-0.1, -0.05) is 35.2 Å². The number of aromatic nitrogens is 3. The summed E-state index contributed by atoms with van der Waals surface area (Å²) in [6, 6.07) is 9.59. The molecular formula is C19H20N4O3S2. The smallest absolute Gasteiger partial charge is 0.203 e. The average molecular weight is 417 g/mol. The third kappa shape index (κ3) is 3.85. The van der Waals surface area contributed by atoms with Crippen LogP contribution in [0.3, 0.4) is 0 Å². The average Bonchev–Trinajstić information content (AvgIpc) is 3.24. The Bertz CT molecular complexity index is 1010. The summed E-state index contributed by atoms with van der Waals surface area (Å²) in [7, 11) is 0. The van der Waals surface area contributed by atoms with Crippen LogP contribution < -0.4 is 15.2 Å². The van der Waals surface area contributed by atoms with Gasteiger partial charge in [-0.2, -0.15) is 0 Å². The molecule has 7 nitrogen and oxygen atoms in total. The lowest BCUT2D eigenvalue weighted by Crippen LogP contribution is -2.33. The summed E-state index contributed by atoms with van der Waals surface area (Å²) in [5.41, 5.74) is 8.26. The largest absolute Gasteiger partial charge is 0.486 e. The quantitative estimate of drug-likeness (QED) is 0.486. The molecule has 1 aliphatic heterocycles. The summed E-state index contributed by atoms with van der Waals surface area (Å²) in [6.45, 7) is 5.07. The lowest BCUT2D eigenvalue weighted by molar-refractivity contribution is 0.0777. The summed E-state index contributed by atoms with van der Waals surface area (Å²) >= 11 is 2.64. The Morgan fingerprint density at radius 2 is 2.11 bits per heavy atom. The van der Waals surface area contributed by atoms with Crippen LogP contribution in [0.15, 0.2) is 34.7 Å². The van der Waals surface area contributed by atoms with Gasteiger partial charge in [0.15, 0.2) is 27.7 Å². The van der Waals surface area contributed by atoms with Crippen molar-refractivity contribution in [1.29, 1.82) is 0 Å². The number of Topliss-reactive ketones (excluding diaryl/α,β-unsaturated/α-hetero) is 1. The molecule has 4 rings (SSSR count). The molecular weight excluding hydrogens is 396 g/mol. The zero-order chi connectivity index (χ0) is 19.7. The van der Waals surface area contributed by atoms with E-state index in [1.807, 2.05) is 44.2 Å². The van der Waals surface area contributed by atoms with Gasteiger partial charge in [0.1, 0.15) is 6.61 Å². The number of hydrogen-bond donors (Lipinski definition) is 1. The highest BCUT2D eigenvalue weighted by Crippen LogP contribution is 2.32. The van der Waals surface area contributed by atoms with Gasteiger partial charge in [-0.05, 0) is 32.0 Å². The van der Waals surface area contributed by atoms with Crippen molar-refractivity contribution in [1.82, 2.24) is 14.8 Å². The molecule has 1 aliphatic rings. The van der Waals surface area contributed by atoms with Gasteiger partial charge in [0.25, 0.3) is 0 Å². The second-order valence-corrected chi connectivity index (χ2v) is 8.74. The maximum atomic E-state index is 12.7. The number of nitrogens with zero attached hydrogens (tertiary/aromatic N) is 3. The van der Waals surface area contributed by atoms with Gasteiger partial charge in [0, 0.05) is 17.0 Å². The minimum atomic E-state index is -0.110. The first kappa shape index (κ1) is 18.8. The predicted octanol–water partition coefficient (Wildman–Crippen LogP) is 3.35. The number of fused-ring (bicyclic) bond motifs is 1. The molecule has 0 saturated carbocycles. The Kier molecular flexibility index (Phi) is 5.27. The molecule has 0 radical (unpaired) electrons. The van der Waals surface area contributed by atoms with E-state index in [1.165, 1.54) is 23.1 Å². The molecule has 0 saturated heterocycles. The topological polar surface area (TPSA) is 92.3 Å². The van der Waals surface area contributed by atoms with Crippen molar-refractivity contribution in [2.75, 3.05) is 18.1 Å². The summed E-state index contributed by atoms with van der Waals surface area (Å²) in [6.07, 6.45) is -0.110. The van der Waals surface area contributed by atoms with Gasteiger partial charge >= 0.3 is 0 Å². The van der Waals surface area contributed by atoms with Gasteiger partial charge < -0.3 is 19.8 Å². The molecule has 0 spiro atoms. The van der Waals surface area contributed by atoms with Crippen LogP contribution in [0.5, 0.6) is 11.5 Å². The molecule has 1 atom stereocenters. The molecule has 3 heterocycles. The summed E-state index contributed by atoms with van der Waals surface area (Å²) in [4.78, 5) is 12.7. The molecule has 2 aromatic heterocycles. The van der Waals surface area contributed by atoms with Crippen LogP contribution in [0, 0.1) is 13.8 Å². The maximum absolute atomic E-state index is 12.7. The van der Waals surface area contributed by atoms with Crippen molar-refractivity contribution in [2.24, 2.45) is 0 Å². The first-order chi connectivity index (χ1) is 13.5. The van der Waals surface area contributed by atoms with Gasteiger partial charge in [-0.15, -0.1) is 10.2 Å². The van der Waals surface area contributed by atoms with Crippen LogP contribution in [0.1, 0.15) is 21.7 Å². The number of anilines is 1. The zero-order valence-electron chi connectivity index (χ0n) is 15.5. The van der Waals surface area contributed by atoms with E-state index in [0.717, 1.165) is 28.5 Å². The van der Waals surface area contributed by atoms with Crippen LogP contribution >= 0.6 is 23.1 Å². The molecule has 28 heavy (non-hydrogen) atoms. The van der Waals surface area contributed by atoms with E-state index in [2.05, 4.69) is 14.8 Å². The Hall–Kier alpha value is -2.52. The maximum Gasteiger partial charge on any atom is 0.203 e. The highest BCUT2D eigenvalue weighted by Gasteiger charge is 2.24.